The van der Waals surface area contributed by atoms with Crippen LogP contribution in [0.25, 0.3) is 0 Å². The molecule has 160 valence electrons. The van der Waals surface area contributed by atoms with Crippen LogP contribution in [-0.2, 0) is 17.5 Å². The van der Waals surface area contributed by atoms with Gasteiger partial charge in [-0.25, -0.2) is 0 Å². The van der Waals surface area contributed by atoms with Gasteiger partial charge in [-0.15, -0.1) is 0 Å². The Bertz CT molecular complexity index is 945. The number of nitro benzene ring substituents is 1. The highest BCUT2D eigenvalue weighted by molar-refractivity contribution is 5.94. The SMILES string of the molecule is COc1cc([N+](=O)[O-])ccc1NC(=O)CN(Cc1ccccc1C(F)(F)F)C1CC1. The first-order valence-electron chi connectivity index (χ1n) is 9.20. The maximum absolute atomic E-state index is 13.3. The fourth-order valence-electron chi connectivity index (χ4n) is 3.18. The van der Waals surface area contributed by atoms with E-state index >= 15 is 0 Å². The van der Waals surface area contributed by atoms with E-state index in [1.807, 2.05) is 0 Å². The number of rotatable bonds is 8. The van der Waals surface area contributed by atoms with E-state index in [2.05, 4.69) is 5.32 Å². The van der Waals surface area contributed by atoms with Crippen LogP contribution in [0.4, 0.5) is 24.5 Å². The number of carbonyl (C=O) groups excluding carboxylic acids is 1. The first-order valence-corrected chi connectivity index (χ1v) is 9.20. The fraction of sp³-hybridized carbons (Fsp3) is 0.350. The number of ether oxygens (including phenoxy) is 1. The second kappa shape index (κ2) is 8.70. The Kier molecular flexibility index (Phi) is 6.25. The molecule has 10 heteroatoms. The number of carbonyl (C=O) groups is 1. The zero-order valence-electron chi connectivity index (χ0n) is 16.1. The smallest absolute Gasteiger partial charge is 0.416 e. The van der Waals surface area contributed by atoms with Crippen molar-refractivity contribution >= 4 is 17.3 Å². The Morgan fingerprint density at radius 1 is 1.27 bits per heavy atom. The lowest BCUT2D eigenvalue weighted by atomic mass is 10.1. The zero-order valence-corrected chi connectivity index (χ0v) is 16.1. The van der Waals surface area contributed by atoms with Crippen molar-refractivity contribution in [1.29, 1.82) is 0 Å². The molecule has 1 fully saturated rings. The normalized spacial score (nSPS) is 13.9. The molecule has 0 spiro atoms. The molecule has 1 N–H and O–H groups in total. The predicted molar refractivity (Wildman–Crippen MR) is 103 cm³/mol. The minimum atomic E-state index is -4.47. The van der Waals surface area contributed by atoms with E-state index in [1.165, 1.54) is 43.5 Å². The average molecular weight is 423 g/mol. The van der Waals surface area contributed by atoms with Gasteiger partial charge in [-0.1, -0.05) is 18.2 Å². The molecule has 2 aromatic carbocycles. The number of non-ortho nitro benzene ring substituents is 1. The summed E-state index contributed by atoms with van der Waals surface area (Å²) in [5.41, 5.74) is -0.543. The van der Waals surface area contributed by atoms with Gasteiger partial charge in [0.15, 0.2) is 0 Å². The summed E-state index contributed by atoms with van der Waals surface area (Å²) in [6.07, 6.45) is -2.86. The lowest BCUT2D eigenvalue weighted by molar-refractivity contribution is -0.384. The van der Waals surface area contributed by atoms with Gasteiger partial charge in [0.25, 0.3) is 5.69 Å². The molecule has 0 saturated heterocycles. The summed E-state index contributed by atoms with van der Waals surface area (Å²) in [5.74, 6) is -0.323. The van der Waals surface area contributed by atoms with Crippen molar-refractivity contribution < 1.29 is 27.6 Å². The Labute approximate surface area is 170 Å². The van der Waals surface area contributed by atoms with Crippen molar-refractivity contribution in [3.63, 3.8) is 0 Å². The molecule has 7 nitrogen and oxygen atoms in total. The number of alkyl halides is 3. The number of anilines is 1. The van der Waals surface area contributed by atoms with Gasteiger partial charge in [0.1, 0.15) is 5.75 Å². The van der Waals surface area contributed by atoms with Crippen LogP contribution in [0, 0.1) is 10.1 Å². The quantitative estimate of drug-likeness (QED) is 0.508. The van der Waals surface area contributed by atoms with Crippen molar-refractivity contribution in [1.82, 2.24) is 4.90 Å². The molecule has 3 rings (SSSR count). The summed E-state index contributed by atoms with van der Waals surface area (Å²) in [7, 11) is 1.32. The van der Waals surface area contributed by atoms with Crippen LogP contribution in [0.5, 0.6) is 5.75 Å². The molecule has 2 aromatic rings. The Hall–Kier alpha value is -3.14. The molecule has 30 heavy (non-hydrogen) atoms. The number of nitrogens with one attached hydrogen (secondary N) is 1. The summed E-state index contributed by atoms with van der Waals surface area (Å²) < 4.78 is 44.9. The van der Waals surface area contributed by atoms with Crippen LogP contribution in [0.2, 0.25) is 0 Å². The highest BCUT2D eigenvalue weighted by Crippen LogP contribution is 2.35. The number of hydrogen-bond acceptors (Lipinski definition) is 5. The molecule has 0 bridgehead atoms. The van der Waals surface area contributed by atoms with Crippen molar-refractivity contribution in [2.75, 3.05) is 19.0 Å². The molecule has 0 radical (unpaired) electrons. The van der Waals surface area contributed by atoms with Crippen LogP contribution in [0.1, 0.15) is 24.0 Å². The number of benzene rings is 2. The van der Waals surface area contributed by atoms with Crippen molar-refractivity contribution in [2.24, 2.45) is 0 Å². The third-order valence-corrected chi connectivity index (χ3v) is 4.78. The molecule has 1 aliphatic rings. The Morgan fingerprint density at radius 2 is 1.97 bits per heavy atom. The molecule has 0 atom stereocenters. The molecule has 1 amide bonds. The van der Waals surface area contributed by atoms with E-state index in [4.69, 9.17) is 4.74 Å². The van der Waals surface area contributed by atoms with Gasteiger partial charge < -0.3 is 10.1 Å². The summed E-state index contributed by atoms with van der Waals surface area (Å²) in [4.78, 5) is 24.6. The van der Waals surface area contributed by atoms with Gasteiger partial charge >= 0.3 is 6.18 Å². The van der Waals surface area contributed by atoms with Crippen LogP contribution in [0.3, 0.4) is 0 Å². The van der Waals surface area contributed by atoms with E-state index in [0.29, 0.717) is 0 Å². The summed E-state index contributed by atoms with van der Waals surface area (Å²) >= 11 is 0. The second-order valence-corrected chi connectivity index (χ2v) is 6.98. The van der Waals surface area contributed by atoms with Gasteiger partial charge in [-0.2, -0.15) is 13.2 Å². The average Bonchev–Trinajstić information content (AvgIpc) is 3.52. The largest absolute Gasteiger partial charge is 0.494 e. The molecule has 0 aliphatic heterocycles. The fourth-order valence-corrected chi connectivity index (χ4v) is 3.18. The number of methoxy groups -OCH3 is 1. The number of halogens is 3. The highest BCUT2D eigenvalue weighted by atomic mass is 19.4. The van der Waals surface area contributed by atoms with E-state index in [1.54, 1.807) is 4.90 Å². The molecule has 1 saturated carbocycles. The lowest BCUT2D eigenvalue weighted by Crippen LogP contribution is -2.35. The third kappa shape index (κ3) is 5.26. The molecular formula is C20H20F3N3O4. The van der Waals surface area contributed by atoms with Gasteiger partial charge in [0, 0.05) is 18.7 Å². The Balaban J connectivity index is 1.73. The minimum Gasteiger partial charge on any atom is -0.494 e. The summed E-state index contributed by atoms with van der Waals surface area (Å²) in [5, 5.41) is 13.5. The number of nitro groups is 1. The summed E-state index contributed by atoms with van der Waals surface area (Å²) in [6.45, 7) is -0.123. The van der Waals surface area contributed by atoms with E-state index in [0.717, 1.165) is 18.9 Å². The monoisotopic (exact) mass is 423 g/mol. The Morgan fingerprint density at radius 3 is 2.57 bits per heavy atom. The van der Waals surface area contributed by atoms with E-state index < -0.39 is 22.6 Å². The second-order valence-electron chi connectivity index (χ2n) is 6.98. The van der Waals surface area contributed by atoms with Gasteiger partial charge in [0.05, 0.1) is 35.9 Å². The molecule has 0 unspecified atom stereocenters. The van der Waals surface area contributed by atoms with Crippen LogP contribution < -0.4 is 10.1 Å². The highest BCUT2D eigenvalue weighted by Gasteiger charge is 2.36. The molecule has 0 aromatic heterocycles. The van der Waals surface area contributed by atoms with E-state index in [9.17, 15) is 28.1 Å². The first kappa shape index (κ1) is 21.6. The molecular weight excluding hydrogens is 403 g/mol. The van der Waals surface area contributed by atoms with Crippen LogP contribution in [-0.4, -0.2) is 35.4 Å². The van der Waals surface area contributed by atoms with Gasteiger partial charge in [-0.05, 0) is 30.5 Å². The first-order chi connectivity index (χ1) is 14.2. The molecule has 0 heterocycles. The van der Waals surface area contributed by atoms with Crippen molar-refractivity contribution in [3.05, 3.63) is 63.7 Å². The number of nitrogens with zero attached hydrogens (tertiary/aromatic N) is 2. The topological polar surface area (TPSA) is 84.7 Å². The van der Waals surface area contributed by atoms with Gasteiger partial charge in [0.2, 0.25) is 5.91 Å². The lowest BCUT2D eigenvalue weighted by Gasteiger charge is -2.23. The maximum Gasteiger partial charge on any atom is 0.416 e. The zero-order chi connectivity index (χ0) is 21.9. The molecule has 1 aliphatic carbocycles. The van der Waals surface area contributed by atoms with Crippen molar-refractivity contribution in [3.8, 4) is 5.75 Å². The minimum absolute atomic E-state index is 0.00876. The van der Waals surface area contributed by atoms with Gasteiger partial charge in [-0.3, -0.25) is 19.8 Å². The number of hydrogen-bond donors (Lipinski definition) is 1. The van der Waals surface area contributed by atoms with E-state index in [-0.39, 0.29) is 41.8 Å². The van der Waals surface area contributed by atoms with Crippen LogP contribution >= 0.6 is 0 Å². The maximum atomic E-state index is 13.3. The van der Waals surface area contributed by atoms with Crippen molar-refractivity contribution in [2.45, 2.75) is 31.6 Å². The summed E-state index contributed by atoms with van der Waals surface area (Å²) in [6, 6.07) is 9.13. The predicted octanol–water partition coefficient (Wildman–Crippen LogP) is 4.23. The third-order valence-electron chi connectivity index (χ3n) is 4.78. The standard InChI is InChI=1S/C20H20F3N3O4/c1-30-18-10-15(26(28)29)8-9-17(18)24-19(27)12-25(14-6-7-14)11-13-4-2-3-5-16(13)20(21,22)23/h2-5,8-10,14H,6-7,11-12H2,1H3,(H,24,27). The number of amides is 1. The van der Waals surface area contributed by atoms with Crippen LogP contribution in [0.15, 0.2) is 42.5 Å².